The Balaban J connectivity index is 2.53. The number of hydrogen-bond donors (Lipinski definition) is 1. The maximum atomic E-state index is 10.9. The molecule has 1 N–H and O–H groups in total. The number of aromatic amines is 1. The van der Waals surface area contributed by atoms with Crippen LogP contribution in [-0.4, -0.2) is 9.97 Å². The summed E-state index contributed by atoms with van der Waals surface area (Å²) in [4.78, 5) is 18.3. The van der Waals surface area contributed by atoms with Crippen molar-refractivity contribution in [3.8, 4) is 11.3 Å². The molecule has 4 heteroatoms. The number of hydrogen-bond acceptors (Lipinski definition) is 3. The fourth-order valence-electron chi connectivity index (χ4n) is 1.71. The van der Waals surface area contributed by atoms with Gasteiger partial charge >= 0.3 is 0 Å². The zero-order valence-electron chi connectivity index (χ0n) is 11.1. The van der Waals surface area contributed by atoms with E-state index in [4.69, 9.17) is 0 Å². The van der Waals surface area contributed by atoms with Crippen LogP contribution in [0.3, 0.4) is 0 Å². The van der Waals surface area contributed by atoms with Crippen molar-refractivity contribution in [3.05, 3.63) is 40.6 Å². The van der Waals surface area contributed by atoms with Crippen molar-refractivity contribution in [1.82, 2.24) is 9.97 Å². The van der Waals surface area contributed by atoms with Gasteiger partial charge in [-0.1, -0.05) is 50.6 Å². The summed E-state index contributed by atoms with van der Waals surface area (Å²) in [6.45, 7) is 8.15. The number of nitrogens with one attached hydrogen (secondary N) is 1. The third-order valence-corrected chi connectivity index (χ3v) is 2.82. The van der Waals surface area contributed by atoms with E-state index in [0.29, 0.717) is 5.69 Å². The molecule has 0 amide bonds. The van der Waals surface area contributed by atoms with E-state index in [1.807, 2.05) is 52.0 Å². The monoisotopic (exact) mass is 243 g/mol. The highest BCUT2D eigenvalue weighted by Gasteiger charge is 2.21. The van der Waals surface area contributed by atoms with Crippen LogP contribution >= 0.6 is 0 Å². The van der Waals surface area contributed by atoms with Crippen LogP contribution in [0, 0.1) is 11.8 Å². The fraction of sp³-hybridized carbons (Fsp3) is 0.357. The number of rotatable bonds is 2. The summed E-state index contributed by atoms with van der Waals surface area (Å²) in [5.74, 6) is 0.997. The van der Waals surface area contributed by atoms with Crippen molar-refractivity contribution in [3.63, 3.8) is 0 Å². The van der Waals surface area contributed by atoms with Crippen molar-refractivity contribution in [2.24, 2.45) is 5.18 Å². The van der Waals surface area contributed by atoms with Crippen LogP contribution in [0.25, 0.3) is 11.3 Å². The highest BCUT2D eigenvalue weighted by Crippen LogP contribution is 2.31. The second kappa shape index (κ2) is 4.37. The number of nitroso groups, excluding NO2 is 1. The number of imidazole rings is 1. The molecule has 0 atom stereocenters. The number of H-pyrrole nitrogens is 1. The predicted molar refractivity (Wildman–Crippen MR) is 72.9 cm³/mol. The molecule has 1 aromatic carbocycles. The van der Waals surface area contributed by atoms with Gasteiger partial charge < -0.3 is 4.98 Å². The van der Waals surface area contributed by atoms with Crippen molar-refractivity contribution in [1.29, 1.82) is 0 Å². The SMILES string of the molecule is Cc1ccc(-c2[nH]c(C(C)(C)C)nc2N=O)cc1. The first-order chi connectivity index (χ1) is 8.41. The number of nitrogens with zero attached hydrogens (tertiary/aromatic N) is 2. The van der Waals surface area contributed by atoms with Gasteiger partial charge in [-0.3, -0.25) is 0 Å². The number of benzene rings is 1. The third-order valence-electron chi connectivity index (χ3n) is 2.82. The van der Waals surface area contributed by atoms with Gasteiger partial charge in [0.2, 0.25) is 5.82 Å². The lowest BCUT2D eigenvalue weighted by atomic mass is 9.96. The minimum atomic E-state index is -0.137. The summed E-state index contributed by atoms with van der Waals surface area (Å²) in [6, 6.07) is 7.93. The predicted octanol–water partition coefficient (Wildman–Crippen LogP) is 4.08. The third kappa shape index (κ3) is 2.32. The van der Waals surface area contributed by atoms with Gasteiger partial charge in [-0.2, -0.15) is 0 Å². The summed E-state index contributed by atoms with van der Waals surface area (Å²) < 4.78 is 0. The molecule has 0 aliphatic rings. The molecule has 2 aromatic rings. The molecule has 18 heavy (non-hydrogen) atoms. The van der Waals surface area contributed by atoms with Crippen LogP contribution in [0.2, 0.25) is 0 Å². The molecule has 94 valence electrons. The van der Waals surface area contributed by atoms with Crippen molar-refractivity contribution >= 4 is 5.82 Å². The highest BCUT2D eigenvalue weighted by molar-refractivity contribution is 5.70. The van der Waals surface area contributed by atoms with Gasteiger partial charge in [0.1, 0.15) is 5.82 Å². The first-order valence-corrected chi connectivity index (χ1v) is 5.92. The average molecular weight is 243 g/mol. The summed E-state index contributed by atoms with van der Waals surface area (Å²) in [7, 11) is 0. The molecular formula is C14H17N3O. The minimum absolute atomic E-state index is 0.137. The summed E-state index contributed by atoms with van der Waals surface area (Å²) in [5.41, 5.74) is 2.66. The van der Waals surface area contributed by atoms with E-state index in [0.717, 1.165) is 11.4 Å². The summed E-state index contributed by atoms with van der Waals surface area (Å²) >= 11 is 0. The Labute approximate surface area is 106 Å². The molecule has 0 radical (unpaired) electrons. The zero-order chi connectivity index (χ0) is 13.3. The summed E-state index contributed by atoms with van der Waals surface area (Å²) in [5, 5.41) is 3.01. The van der Waals surface area contributed by atoms with E-state index in [9.17, 15) is 4.91 Å². The first kappa shape index (κ1) is 12.5. The van der Waals surface area contributed by atoms with Gasteiger partial charge in [0.05, 0.1) is 5.69 Å². The molecule has 2 rings (SSSR count). The second-order valence-electron chi connectivity index (χ2n) is 5.49. The molecule has 1 heterocycles. The average Bonchev–Trinajstić information content (AvgIpc) is 2.73. The molecule has 0 saturated heterocycles. The lowest BCUT2D eigenvalue weighted by Gasteiger charge is -2.13. The Morgan fingerprint density at radius 1 is 1.17 bits per heavy atom. The quantitative estimate of drug-likeness (QED) is 0.808. The van der Waals surface area contributed by atoms with E-state index in [-0.39, 0.29) is 11.2 Å². The first-order valence-electron chi connectivity index (χ1n) is 5.92. The lowest BCUT2D eigenvalue weighted by Crippen LogP contribution is -2.13. The van der Waals surface area contributed by atoms with E-state index in [1.165, 1.54) is 5.56 Å². The van der Waals surface area contributed by atoms with Crippen LogP contribution in [0.1, 0.15) is 32.2 Å². The molecule has 0 fully saturated rings. The minimum Gasteiger partial charge on any atom is -0.340 e. The second-order valence-corrected chi connectivity index (χ2v) is 5.49. The Bertz CT molecular complexity index is 562. The maximum absolute atomic E-state index is 10.9. The fourth-order valence-corrected chi connectivity index (χ4v) is 1.71. The van der Waals surface area contributed by atoms with Crippen LogP contribution < -0.4 is 0 Å². The van der Waals surface area contributed by atoms with E-state index >= 15 is 0 Å². The van der Waals surface area contributed by atoms with Crippen molar-refractivity contribution in [2.75, 3.05) is 0 Å². The molecule has 0 spiro atoms. The van der Waals surface area contributed by atoms with Crippen molar-refractivity contribution < 1.29 is 0 Å². The Morgan fingerprint density at radius 2 is 1.78 bits per heavy atom. The Hall–Kier alpha value is -1.97. The number of aryl methyl sites for hydroxylation is 1. The number of aromatic nitrogens is 2. The Kier molecular flexibility index (Phi) is 3.03. The normalized spacial score (nSPS) is 11.6. The Morgan fingerprint density at radius 3 is 2.28 bits per heavy atom. The van der Waals surface area contributed by atoms with Crippen LogP contribution in [0.15, 0.2) is 29.4 Å². The molecule has 0 aliphatic heterocycles. The van der Waals surface area contributed by atoms with Crippen LogP contribution in [0.5, 0.6) is 0 Å². The smallest absolute Gasteiger partial charge is 0.222 e. The van der Waals surface area contributed by atoms with E-state index < -0.39 is 0 Å². The molecule has 0 saturated carbocycles. The molecule has 4 nitrogen and oxygen atoms in total. The van der Waals surface area contributed by atoms with Gasteiger partial charge in [-0.05, 0) is 12.1 Å². The standard InChI is InChI=1S/C14H17N3O/c1-9-5-7-10(8-6-9)11-12(17-18)16-13(15-11)14(2,3)4/h5-8H,1-4H3,(H,15,16). The molecular weight excluding hydrogens is 226 g/mol. The van der Waals surface area contributed by atoms with Crippen LogP contribution in [0.4, 0.5) is 5.82 Å². The van der Waals surface area contributed by atoms with Gasteiger partial charge in [-0.15, -0.1) is 4.91 Å². The van der Waals surface area contributed by atoms with Gasteiger partial charge in [-0.25, -0.2) is 4.98 Å². The van der Waals surface area contributed by atoms with Crippen LogP contribution in [-0.2, 0) is 5.41 Å². The largest absolute Gasteiger partial charge is 0.340 e. The zero-order valence-corrected chi connectivity index (χ0v) is 11.1. The van der Waals surface area contributed by atoms with Gasteiger partial charge in [0, 0.05) is 11.0 Å². The topological polar surface area (TPSA) is 58.1 Å². The van der Waals surface area contributed by atoms with Gasteiger partial charge in [0.15, 0.2) is 0 Å². The highest BCUT2D eigenvalue weighted by atomic mass is 16.3. The van der Waals surface area contributed by atoms with E-state index in [1.54, 1.807) is 0 Å². The molecule has 0 bridgehead atoms. The van der Waals surface area contributed by atoms with Gasteiger partial charge in [0.25, 0.3) is 0 Å². The summed E-state index contributed by atoms with van der Waals surface area (Å²) in [6.07, 6.45) is 0. The lowest BCUT2D eigenvalue weighted by molar-refractivity contribution is 0.553. The molecule has 0 unspecified atom stereocenters. The van der Waals surface area contributed by atoms with Crippen molar-refractivity contribution in [2.45, 2.75) is 33.1 Å². The molecule has 1 aromatic heterocycles. The van der Waals surface area contributed by atoms with E-state index in [2.05, 4.69) is 15.1 Å². The maximum Gasteiger partial charge on any atom is 0.222 e. The molecule has 0 aliphatic carbocycles.